The maximum absolute atomic E-state index is 14.6. The Kier molecular flexibility index (Phi) is 5.24. The minimum absolute atomic E-state index is 0.0424. The number of esters is 1. The smallest absolute Gasteiger partial charge is 0.338 e. The summed E-state index contributed by atoms with van der Waals surface area (Å²) in [5, 5.41) is 17.9. The minimum atomic E-state index is -1.20. The Bertz CT molecular complexity index is 1330. The summed E-state index contributed by atoms with van der Waals surface area (Å²) in [5.41, 5.74) is 6.00. The molecule has 0 amide bonds. The first-order chi connectivity index (χ1) is 16.9. The van der Waals surface area contributed by atoms with Gasteiger partial charge in [-0.3, -0.25) is 4.90 Å². The summed E-state index contributed by atoms with van der Waals surface area (Å²) < 4.78 is 26.6. The Morgan fingerprint density at radius 1 is 1.31 bits per heavy atom. The van der Waals surface area contributed by atoms with Crippen LogP contribution >= 0.6 is 0 Å². The standard InChI is InChI=1S/C25H26FN5O4/c1-14-17(3-4-18-19(14)13-34-24(18)32)21-12-30(6-5-27-21)10-15-9-28-31(11-15)16-7-20(26)23-22(8-16)29(2)25(33)35-23/h3-4,7-9,11,21,25,27,33H,5-6,10,12-13H2,1-2H3/t21-,25?/m0/s1. The number of halogens is 1. The first-order valence-corrected chi connectivity index (χ1v) is 11.6. The molecule has 4 heterocycles. The molecule has 6 rings (SSSR count). The summed E-state index contributed by atoms with van der Waals surface area (Å²) in [6.45, 7) is 5.65. The van der Waals surface area contributed by atoms with Crippen LogP contribution in [0.1, 0.15) is 38.7 Å². The van der Waals surface area contributed by atoms with Gasteiger partial charge in [-0.15, -0.1) is 0 Å². The fraction of sp³-hybridized carbons (Fsp3) is 0.360. The molecule has 0 radical (unpaired) electrons. The quantitative estimate of drug-likeness (QED) is 0.551. The van der Waals surface area contributed by atoms with E-state index in [-0.39, 0.29) is 17.8 Å². The first-order valence-electron chi connectivity index (χ1n) is 11.6. The lowest BCUT2D eigenvalue weighted by Crippen LogP contribution is -2.45. The van der Waals surface area contributed by atoms with Crippen LogP contribution < -0.4 is 15.0 Å². The highest BCUT2D eigenvalue weighted by molar-refractivity contribution is 5.94. The van der Waals surface area contributed by atoms with Crippen LogP contribution in [0, 0.1) is 12.7 Å². The second-order valence-electron chi connectivity index (χ2n) is 9.25. The van der Waals surface area contributed by atoms with Crippen LogP contribution in [0.25, 0.3) is 5.69 Å². The molecular formula is C25H26FN5O4. The van der Waals surface area contributed by atoms with Crippen molar-refractivity contribution in [2.75, 3.05) is 31.6 Å². The number of aliphatic hydroxyl groups excluding tert-OH is 1. The molecule has 10 heteroatoms. The average molecular weight is 480 g/mol. The van der Waals surface area contributed by atoms with Crippen molar-refractivity contribution in [2.24, 2.45) is 0 Å². The molecule has 2 N–H and O–H groups in total. The van der Waals surface area contributed by atoms with E-state index in [1.165, 1.54) is 16.5 Å². The number of anilines is 1. The SMILES string of the molecule is Cc1c([C@@H]2CN(Cc3cnn(-c4cc(F)c5c(c4)N(C)C(O)O5)c3)CCN2)ccc2c1COC2=O. The Morgan fingerprint density at radius 2 is 2.17 bits per heavy atom. The van der Waals surface area contributed by atoms with E-state index in [0.717, 1.165) is 36.3 Å². The average Bonchev–Trinajstić information content (AvgIpc) is 3.54. The molecule has 9 nitrogen and oxygen atoms in total. The summed E-state index contributed by atoms with van der Waals surface area (Å²) in [4.78, 5) is 15.7. The number of benzene rings is 2. The van der Waals surface area contributed by atoms with Crippen molar-refractivity contribution in [1.29, 1.82) is 0 Å². The van der Waals surface area contributed by atoms with Crippen molar-refractivity contribution in [3.05, 3.63) is 70.3 Å². The number of piperazine rings is 1. The van der Waals surface area contributed by atoms with Gasteiger partial charge in [-0.2, -0.15) is 5.10 Å². The number of aliphatic hydroxyl groups is 1. The highest BCUT2D eigenvalue weighted by atomic mass is 19.1. The van der Waals surface area contributed by atoms with E-state index in [4.69, 9.17) is 9.47 Å². The third-order valence-electron chi connectivity index (χ3n) is 7.09. The summed E-state index contributed by atoms with van der Waals surface area (Å²) in [7, 11) is 1.64. The van der Waals surface area contributed by atoms with Crippen molar-refractivity contribution in [1.82, 2.24) is 20.0 Å². The number of carbonyl (C=O) groups excluding carboxylic acids is 1. The van der Waals surface area contributed by atoms with Crippen LogP contribution in [0.4, 0.5) is 10.1 Å². The first kappa shape index (κ1) is 22.0. The van der Waals surface area contributed by atoms with Gasteiger partial charge in [0.15, 0.2) is 11.6 Å². The summed E-state index contributed by atoms with van der Waals surface area (Å²) in [5.74, 6) is -0.746. The van der Waals surface area contributed by atoms with Crippen LogP contribution in [0.3, 0.4) is 0 Å². The molecule has 182 valence electrons. The second kappa shape index (κ2) is 8.33. The second-order valence-corrected chi connectivity index (χ2v) is 9.25. The van der Waals surface area contributed by atoms with Crippen LogP contribution in [0.5, 0.6) is 5.75 Å². The zero-order valence-electron chi connectivity index (χ0n) is 19.5. The number of ether oxygens (including phenoxy) is 2. The normalized spacial score (nSPS) is 21.6. The van der Waals surface area contributed by atoms with E-state index in [1.807, 2.05) is 18.3 Å². The van der Waals surface area contributed by atoms with Crippen LogP contribution in [-0.4, -0.2) is 58.9 Å². The van der Waals surface area contributed by atoms with E-state index >= 15 is 0 Å². The number of cyclic esters (lactones) is 1. The van der Waals surface area contributed by atoms with E-state index in [9.17, 15) is 14.3 Å². The fourth-order valence-electron chi connectivity index (χ4n) is 5.13. The Balaban J connectivity index is 1.18. The number of nitrogens with zero attached hydrogens (tertiary/aromatic N) is 4. The molecule has 1 fully saturated rings. The van der Waals surface area contributed by atoms with Crippen molar-refractivity contribution in [2.45, 2.75) is 32.5 Å². The minimum Gasteiger partial charge on any atom is -0.457 e. The van der Waals surface area contributed by atoms with Gasteiger partial charge in [0.05, 0.1) is 23.1 Å². The van der Waals surface area contributed by atoms with Crippen LogP contribution in [0.2, 0.25) is 0 Å². The fourth-order valence-corrected chi connectivity index (χ4v) is 5.13. The molecule has 0 saturated carbocycles. The maximum Gasteiger partial charge on any atom is 0.338 e. The Morgan fingerprint density at radius 3 is 3.03 bits per heavy atom. The number of carbonyl (C=O) groups is 1. The van der Waals surface area contributed by atoms with E-state index in [2.05, 4.69) is 22.2 Å². The van der Waals surface area contributed by atoms with E-state index < -0.39 is 12.2 Å². The molecule has 3 aromatic rings. The monoisotopic (exact) mass is 479 g/mol. The molecule has 0 spiro atoms. The Hall–Kier alpha value is -3.47. The van der Waals surface area contributed by atoms with Crippen molar-refractivity contribution in [3.8, 4) is 11.4 Å². The lowest BCUT2D eigenvalue weighted by molar-refractivity contribution is -0.00119. The zero-order valence-corrected chi connectivity index (χ0v) is 19.5. The van der Waals surface area contributed by atoms with Gasteiger partial charge in [-0.25, -0.2) is 13.9 Å². The molecule has 0 aliphatic carbocycles. The molecule has 1 unspecified atom stereocenters. The summed E-state index contributed by atoms with van der Waals surface area (Å²) >= 11 is 0. The molecule has 0 bridgehead atoms. The molecule has 35 heavy (non-hydrogen) atoms. The lowest BCUT2D eigenvalue weighted by Gasteiger charge is -2.34. The van der Waals surface area contributed by atoms with Gasteiger partial charge in [0, 0.05) is 62.7 Å². The third kappa shape index (κ3) is 3.74. The molecule has 1 saturated heterocycles. The topological polar surface area (TPSA) is 92.1 Å². The maximum atomic E-state index is 14.6. The number of rotatable bonds is 4. The molecule has 3 aliphatic rings. The lowest BCUT2D eigenvalue weighted by atomic mass is 9.93. The molecule has 1 aromatic heterocycles. The number of hydrogen-bond acceptors (Lipinski definition) is 8. The van der Waals surface area contributed by atoms with Gasteiger partial charge in [0.2, 0.25) is 0 Å². The van der Waals surface area contributed by atoms with Crippen molar-refractivity contribution < 1.29 is 23.8 Å². The van der Waals surface area contributed by atoms with Gasteiger partial charge in [0.1, 0.15) is 6.61 Å². The Labute approximate surface area is 201 Å². The van der Waals surface area contributed by atoms with Crippen LogP contribution in [0.15, 0.2) is 36.7 Å². The highest BCUT2D eigenvalue weighted by Gasteiger charge is 2.31. The van der Waals surface area contributed by atoms with Gasteiger partial charge in [0.25, 0.3) is 6.41 Å². The molecule has 3 aliphatic heterocycles. The van der Waals surface area contributed by atoms with Gasteiger partial charge in [-0.1, -0.05) is 6.07 Å². The number of fused-ring (bicyclic) bond motifs is 2. The third-order valence-corrected chi connectivity index (χ3v) is 7.09. The van der Waals surface area contributed by atoms with E-state index in [1.54, 1.807) is 24.0 Å². The van der Waals surface area contributed by atoms with Gasteiger partial charge >= 0.3 is 5.97 Å². The predicted molar refractivity (Wildman–Crippen MR) is 125 cm³/mol. The van der Waals surface area contributed by atoms with Gasteiger partial charge < -0.3 is 24.8 Å². The van der Waals surface area contributed by atoms with Crippen molar-refractivity contribution in [3.63, 3.8) is 0 Å². The number of nitrogens with one attached hydrogen (secondary N) is 1. The molecule has 2 aromatic carbocycles. The van der Waals surface area contributed by atoms with E-state index in [0.29, 0.717) is 30.1 Å². The van der Waals surface area contributed by atoms with Crippen molar-refractivity contribution >= 4 is 11.7 Å². The summed E-state index contributed by atoms with van der Waals surface area (Å²) in [6.07, 6.45) is 2.49. The number of aromatic nitrogens is 2. The largest absolute Gasteiger partial charge is 0.457 e. The van der Waals surface area contributed by atoms with Gasteiger partial charge in [-0.05, 0) is 30.2 Å². The predicted octanol–water partition coefficient (Wildman–Crippen LogP) is 2.24. The highest BCUT2D eigenvalue weighted by Crippen LogP contribution is 2.39. The molecular weight excluding hydrogens is 453 g/mol. The molecule has 2 atom stereocenters. The van der Waals surface area contributed by atoms with Crippen LogP contribution in [-0.2, 0) is 17.9 Å². The zero-order chi connectivity index (χ0) is 24.3. The number of hydrogen-bond donors (Lipinski definition) is 2. The summed E-state index contributed by atoms with van der Waals surface area (Å²) in [6, 6.07) is 7.15.